The number of aromatic carboxylic acids is 1. The lowest BCUT2D eigenvalue weighted by Crippen LogP contribution is -2.53. The van der Waals surface area contributed by atoms with Crippen LogP contribution < -0.4 is 4.90 Å². The number of amides is 1. The van der Waals surface area contributed by atoms with Crippen molar-refractivity contribution in [3.8, 4) is 0 Å². The maximum atomic E-state index is 13.0. The first-order valence-corrected chi connectivity index (χ1v) is 12.9. The molecule has 35 heavy (non-hydrogen) atoms. The van der Waals surface area contributed by atoms with E-state index < -0.39 is 5.97 Å². The molecule has 1 aromatic carbocycles. The number of aryl methyl sites for hydroxylation is 2. The van der Waals surface area contributed by atoms with Gasteiger partial charge in [-0.05, 0) is 70.2 Å². The number of carboxylic acids is 1. The quantitative estimate of drug-likeness (QED) is 0.631. The summed E-state index contributed by atoms with van der Waals surface area (Å²) in [6.45, 7) is 10.6. The summed E-state index contributed by atoms with van der Waals surface area (Å²) in [7, 11) is 2.20. The topological polar surface area (TPSA) is 81.9 Å². The van der Waals surface area contributed by atoms with Crippen LogP contribution in [0, 0.1) is 6.92 Å². The van der Waals surface area contributed by atoms with Crippen molar-refractivity contribution in [3.63, 3.8) is 0 Å². The number of rotatable bonds is 7. The van der Waals surface area contributed by atoms with Crippen molar-refractivity contribution in [1.82, 2.24) is 19.6 Å². The zero-order valence-electron chi connectivity index (χ0n) is 21.6. The molecule has 2 aliphatic heterocycles. The van der Waals surface area contributed by atoms with Crippen LogP contribution in [0.4, 0.5) is 10.5 Å². The van der Waals surface area contributed by atoms with Crippen molar-refractivity contribution in [1.29, 1.82) is 0 Å². The molecule has 2 aromatic rings. The van der Waals surface area contributed by atoms with Gasteiger partial charge in [-0.2, -0.15) is 9.78 Å². The summed E-state index contributed by atoms with van der Waals surface area (Å²) >= 11 is 0. The van der Waals surface area contributed by atoms with E-state index in [0.29, 0.717) is 18.7 Å². The van der Waals surface area contributed by atoms with E-state index in [0.717, 1.165) is 45.3 Å². The summed E-state index contributed by atoms with van der Waals surface area (Å²) in [5.41, 5.74) is 4.58. The lowest BCUT2D eigenvalue weighted by Gasteiger charge is -2.45. The first-order chi connectivity index (χ1) is 16.7. The molecule has 2 aliphatic rings. The smallest absolute Gasteiger partial charge is 0.356 e. The third-order valence-electron chi connectivity index (χ3n) is 7.87. The largest absolute Gasteiger partial charge is 0.476 e. The number of carboxylic acid groups (broad SMARTS) is 1. The van der Waals surface area contributed by atoms with Gasteiger partial charge in [0.25, 0.3) is 0 Å². The van der Waals surface area contributed by atoms with Gasteiger partial charge in [-0.1, -0.05) is 25.5 Å². The number of carbonyl (C=O) groups is 2. The van der Waals surface area contributed by atoms with Crippen LogP contribution in [0.25, 0.3) is 0 Å². The van der Waals surface area contributed by atoms with Gasteiger partial charge >= 0.3 is 12.0 Å². The number of benzene rings is 1. The van der Waals surface area contributed by atoms with Crippen LogP contribution >= 0.6 is 0 Å². The maximum absolute atomic E-state index is 13.0. The predicted octanol–water partition coefficient (Wildman–Crippen LogP) is 4.40. The predicted molar refractivity (Wildman–Crippen MR) is 137 cm³/mol. The number of hydrogen-bond donors (Lipinski definition) is 1. The molecule has 0 spiro atoms. The van der Waals surface area contributed by atoms with E-state index in [1.54, 1.807) is 11.8 Å². The Morgan fingerprint density at radius 1 is 1.14 bits per heavy atom. The lowest BCUT2D eigenvalue weighted by atomic mass is 9.87. The molecule has 190 valence electrons. The highest BCUT2D eigenvalue weighted by Gasteiger charge is 2.36. The van der Waals surface area contributed by atoms with Crippen LogP contribution in [-0.4, -0.2) is 75.5 Å². The first-order valence-electron chi connectivity index (χ1n) is 12.9. The Kier molecular flexibility index (Phi) is 7.50. The second-order valence-corrected chi connectivity index (χ2v) is 10.4. The molecule has 0 saturated carbocycles. The number of piperidine rings is 1. The van der Waals surface area contributed by atoms with Gasteiger partial charge in [-0.3, -0.25) is 4.90 Å². The highest BCUT2D eigenvalue weighted by Crippen LogP contribution is 2.33. The van der Waals surface area contributed by atoms with Gasteiger partial charge < -0.3 is 14.9 Å². The van der Waals surface area contributed by atoms with E-state index in [-0.39, 0.29) is 17.3 Å². The summed E-state index contributed by atoms with van der Waals surface area (Å²) in [6.07, 6.45) is 8.01. The standard InChI is InChI=1S/C27H39N5O3/c1-5-8-21-9-10-22(23(17-21)30-13-6-7-14-30)19-29(4)27(3)11-15-31(16-12-27)26(35)32-18-20(2)24(28-32)25(33)34/h9-10,17-18H,5-8,11-16,19H2,1-4H3,(H,33,34). The number of carbonyl (C=O) groups excluding carboxylic acids is 1. The number of nitrogens with zero attached hydrogens (tertiary/aromatic N) is 5. The fourth-order valence-electron chi connectivity index (χ4n) is 5.36. The van der Waals surface area contributed by atoms with Crippen molar-refractivity contribution in [3.05, 3.63) is 46.8 Å². The van der Waals surface area contributed by atoms with E-state index in [4.69, 9.17) is 0 Å². The number of hydrogen-bond acceptors (Lipinski definition) is 5. The normalized spacial score (nSPS) is 17.9. The van der Waals surface area contributed by atoms with Crippen LogP contribution in [0.1, 0.15) is 73.1 Å². The van der Waals surface area contributed by atoms with Gasteiger partial charge in [0.15, 0.2) is 5.69 Å². The van der Waals surface area contributed by atoms with E-state index in [2.05, 4.69) is 54.0 Å². The molecule has 3 heterocycles. The van der Waals surface area contributed by atoms with Gasteiger partial charge in [0, 0.05) is 55.7 Å². The average Bonchev–Trinajstić information content (AvgIpc) is 3.50. The molecule has 1 amide bonds. The number of anilines is 1. The molecule has 4 rings (SSSR count). The summed E-state index contributed by atoms with van der Waals surface area (Å²) in [6, 6.07) is 6.75. The van der Waals surface area contributed by atoms with Gasteiger partial charge in [0.2, 0.25) is 0 Å². The molecule has 8 nitrogen and oxygen atoms in total. The first kappa shape index (κ1) is 25.2. The van der Waals surface area contributed by atoms with Crippen molar-refractivity contribution in [2.24, 2.45) is 0 Å². The van der Waals surface area contributed by atoms with E-state index in [9.17, 15) is 14.7 Å². The SMILES string of the molecule is CCCc1ccc(CN(C)C2(C)CCN(C(=O)n3cc(C)c(C(=O)O)n3)CC2)c(N2CCCC2)c1. The van der Waals surface area contributed by atoms with Crippen molar-refractivity contribution >= 4 is 17.7 Å². The molecule has 8 heteroatoms. The zero-order valence-corrected chi connectivity index (χ0v) is 21.6. The molecule has 0 aliphatic carbocycles. The molecule has 0 radical (unpaired) electrons. The van der Waals surface area contributed by atoms with Crippen LogP contribution in [0.3, 0.4) is 0 Å². The van der Waals surface area contributed by atoms with E-state index in [1.165, 1.54) is 40.5 Å². The fourth-order valence-corrected chi connectivity index (χ4v) is 5.36. The molecule has 2 saturated heterocycles. The second-order valence-electron chi connectivity index (χ2n) is 10.4. The van der Waals surface area contributed by atoms with Gasteiger partial charge in [0.05, 0.1) is 0 Å². The zero-order chi connectivity index (χ0) is 25.2. The molecule has 0 atom stereocenters. The van der Waals surface area contributed by atoms with Crippen molar-refractivity contribution < 1.29 is 14.7 Å². The van der Waals surface area contributed by atoms with Gasteiger partial charge in [0.1, 0.15) is 0 Å². The average molecular weight is 482 g/mol. The van der Waals surface area contributed by atoms with Crippen LogP contribution in [0.15, 0.2) is 24.4 Å². The minimum Gasteiger partial charge on any atom is -0.476 e. The van der Waals surface area contributed by atoms with Crippen LogP contribution in [-0.2, 0) is 13.0 Å². The van der Waals surface area contributed by atoms with Crippen molar-refractivity contribution in [2.75, 3.05) is 38.1 Å². The molecule has 2 fully saturated rings. The van der Waals surface area contributed by atoms with Crippen LogP contribution in [0.5, 0.6) is 0 Å². The Hall–Kier alpha value is -2.87. The van der Waals surface area contributed by atoms with Gasteiger partial charge in [-0.25, -0.2) is 9.59 Å². The summed E-state index contributed by atoms with van der Waals surface area (Å²) < 4.78 is 1.17. The summed E-state index contributed by atoms with van der Waals surface area (Å²) in [5.74, 6) is -1.11. The van der Waals surface area contributed by atoms with Crippen LogP contribution in [0.2, 0.25) is 0 Å². The highest BCUT2D eigenvalue weighted by atomic mass is 16.4. The Bertz CT molecular complexity index is 1060. The van der Waals surface area contributed by atoms with E-state index >= 15 is 0 Å². The molecule has 1 aromatic heterocycles. The Balaban J connectivity index is 1.43. The Labute approximate surface area is 208 Å². The fraction of sp³-hybridized carbons (Fsp3) is 0.593. The third-order valence-corrected chi connectivity index (χ3v) is 7.87. The third kappa shape index (κ3) is 5.37. The summed E-state index contributed by atoms with van der Waals surface area (Å²) in [4.78, 5) is 31.0. The Morgan fingerprint density at radius 3 is 2.43 bits per heavy atom. The minimum atomic E-state index is -1.11. The summed E-state index contributed by atoms with van der Waals surface area (Å²) in [5, 5.41) is 13.2. The van der Waals surface area contributed by atoms with Crippen molar-refractivity contribution in [2.45, 2.75) is 71.4 Å². The molecular formula is C27H39N5O3. The molecule has 0 unspecified atom stereocenters. The maximum Gasteiger partial charge on any atom is 0.356 e. The second kappa shape index (κ2) is 10.4. The van der Waals surface area contributed by atoms with Gasteiger partial charge in [-0.15, -0.1) is 0 Å². The molecule has 1 N–H and O–H groups in total. The van der Waals surface area contributed by atoms with E-state index in [1.807, 2.05) is 0 Å². The lowest BCUT2D eigenvalue weighted by molar-refractivity contribution is 0.0585. The monoisotopic (exact) mass is 481 g/mol. The Morgan fingerprint density at radius 2 is 1.83 bits per heavy atom. The number of likely N-dealkylation sites (tertiary alicyclic amines) is 1. The number of aromatic nitrogens is 2. The molecule has 0 bridgehead atoms. The minimum absolute atomic E-state index is 0.0204. The molecular weight excluding hydrogens is 442 g/mol. The highest BCUT2D eigenvalue weighted by molar-refractivity contribution is 5.88.